The van der Waals surface area contributed by atoms with Crippen LogP contribution < -0.4 is 20.8 Å². The average Bonchev–Trinajstić information content (AvgIpc) is 2.81. The molecule has 0 unspecified atom stereocenters. The van der Waals surface area contributed by atoms with Crippen molar-refractivity contribution in [3.8, 4) is 5.75 Å². The average molecular weight is 494 g/mol. The Balaban J connectivity index is 2.50. The van der Waals surface area contributed by atoms with Crippen LogP contribution in [-0.2, 0) is 22.6 Å². The van der Waals surface area contributed by atoms with Gasteiger partial charge < -0.3 is 29.4 Å². The maximum absolute atomic E-state index is 13.4. The highest BCUT2D eigenvalue weighted by atomic mass is 35.5. The normalized spacial score (nSPS) is 11.2. The van der Waals surface area contributed by atoms with Crippen molar-refractivity contribution >= 4 is 23.2 Å². The summed E-state index contributed by atoms with van der Waals surface area (Å²) in [6.45, 7) is 7.49. The molecule has 0 atom stereocenters. The van der Waals surface area contributed by atoms with E-state index < -0.39 is 12.2 Å². The van der Waals surface area contributed by atoms with Gasteiger partial charge in [-0.25, -0.2) is 0 Å². The summed E-state index contributed by atoms with van der Waals surface area (Å²) in [6, 6.07) is 7.22. The predicted octanol–water partition coefficient (Wildman–Crippen LogP) is 4.30. The van der Waals surface area contributed by atoms with Gasteiger partial charge in [0.25, 0.3) is 5.91 Å². The maximum atomic E-state index is 13.4. The summed E-state index contributed by atoms with van der Waals surface area (Å²) in [5, 5.41) is 6.64. The fraction of sp³-hybridized carbons (Fsp3) is 0.520. The zero-order chi connectivity index (χ0) is 25.1. The number of nitrogens with one attached hydrogen (secondary N) is 2. The number of amides is 1. The van der Waals surface area contributed by atoms with Gasteiger partial charge in [-0.3, -0.25) is 9.59 Å². The lowest BCUT2D eigenvalue weighted by Crippen LogP contribution is -2.33. The van der Waals surface area contributed by atoms with E-state index in [1.165, 1.54) is 14.2 Å². The van der Waals surface area contributed by atoms with Crippen molar-refractivity contribution in [3.63, 3.8) is 0 Å². The van der Waals surface area contributed by atoms with Crippen molar-refractivity contribution in [1.29, 1.82) is 0 Å². The first-order chi connectivity index (χ1) is 16.3. The Bertz CT molecular complexity index is 989. The summed E-state index contributed by atoms with van der Waals surface area (Å²) in [7, 11) is 3.04. The lowest BCUT2D eigenvalue weighted by Gasteiger charge is -2.22. The van der Waals surface area contributed by atoms with Gasteiger partial charge in [-0.15, -0.1) is 0 Å². The van der Waals surface area contributed by atoms with Crippen molar-refractivity contribution in [2.24, 2.45) is 5.92 Å². The van der Waals surface area contributed by atoms with Gasteiger partial charge in [-0.1, -0.05) is 50.9 Å². The second-order valence-electron chi connectivity index (χ2n) is 8.39. The molecule has 0 spiro atoms. The highest BCUT2D eigenvalue weighted by Gasteiger charge is 2.25. The van der Waals surface area contributed by atoms with Gasteiger partial charge in [0.15, 0.2) is 17.7 Å². The molecule has 2 aromatic rings. The van der Waals surface area contributed by atoms with Gasteiger partial charge in [0.1, 0.15) is 5.69 Å². The smallest absolute Gasteiger partial charge is 0.272 e. The van der Waals surface area contributed by atoms with E-state index in [1.807, 2.05) is 32.9 Å². The van der Waals surface area contributed by atoms with E-state index in [2.05, 4.69) is 10.6 Å². The third-order valence-corrected chi connectivity index (χ3v) is 5.35. The van der Waals surface area contributed by atoms with E-state index in [1.54, 1.807) is 22.9 Å². The van der Waals surface area contributed by atoms with E-state index in [0.29, 0.717) is 29.8 Å². The molecule has 8 nitrogen and oxygen atoms in total. The van der Waals surface area contributed by atoms with Crippen LogP contribution >= 0.6 is 11.6 Å². The van der Waals surface area contributed by atoms with Gasteiger partial charge in [0, 0.05) is 38.5 Å². The lowest BCUT2D eigenvalue weighted by molar-refractivity contribution is -0.111. The molecule has 0 bridgehead atoms. The minimum atomic E-state index is -0.622. The number of benzene rings is 1. The molecule has 0 aliphatic rings. The third-order valence-electron chi connectivity index (χ3n) is 5.11. The fourth-order valence-corrected chi connectivity index (χ4v) is 3.44. The zero-order valence-electron chi connectivity index (χ0n) is 20.7. The number of halogens is 1. The second-order valence-corrected chi connectivity index (χ2v) is 8.83. The van der Waals surface area contributed by atoms with Gasteiger partial charge >= 0.3 is 0 Å². The third kappa shape index (κ3) is 8.04. The monoisotopic (exact) mass is 493 g/mol. The zero-order valence-corrected chi connectivity index (χ0v) is 21.4. The summed E-state index contributed by atoms with van der Waals surface area (Å²) in [6.07, 6.45) is 2.65. The summed E-state index contributed by atoms with van der Waals surface area (Å²) in [5.74, 6) is -0.106. The number of pyridine rings is 1. The Kier molecular flexibility index (Phi) is 11.4. The number of hydrogen-bond donors (Lipinski definition) is 2. The number of nitrogens with zero attached hydrogens (tertiary/aromatic N) is 1. The first-order valence-electron chi connectivity index (χ1n) is 11.5. The molecule has 1 aromatic carbocycles. The van der Waals surface area contributed by atoms with Crippen LogP contribution in [0, 0.1) is 5.92 Å². The molecule has 9 heteroatoms. The van der Waals surface area contributed by atoms with Crippen LogP contribution in [0.25, 0.3) is 0 Å². The lowest BCUT2D eigenvalue weighted by atomic mass is 10.2. The molecule has 1 heterocycles. The molecule has 2 N–H and O–H groups in total. The van der Waals surface area contributed by atoms with Crippen LogP contribution in [0.2, 0.25) is 5.02 Å². The molecule has 34 heavy (non-hydrogen) atoms. The maximum Gasteiger partial charge on any atom is 0.272 e. The largest absolute Gasteiger partial charge is 0.487 e. The highest BCUT2D eigenvalue weighted by molar-refractivity contribution is 6.30. The minimum absolute atomic E-state index is 0.0109. The molecule has 0 saturated carbocycles. The summed E-state index contributed by atoms with van der Waals surface area (Å²) in [5.41, 5.74) is 0.965. The molecule has 0 radical (unpaired) electrons. The van der Waals surface area contributed by atoms with Crippen molar-refractivity contribution in [1.82, 2.24) is 9.88 Å². The van der Waals surface area contributed by atoms with Crippen LogP contribution in [0.1, 0.15) is 49.7 Å². The number of rotatable bonds is 14. The van der Waals surface area contributed by atoms with E-state index in [0.717, 1.165) is 18.4 Å². The first kappa shape index (κ1) is 27.7. The van der Waals surface area contributed by atoms with Crippen molar-refractivity contribution in [2.45, 2.75) is 53.0 Å². The number of aromatic nitrogens is 1. The Morgan fingerprint density at radius 2 is 1.94 bits per heavy atom. The summed E-state index contributed by atoms with van der Waals surface area (Å²) in [4.78, 5) is 26.7. The van der Waals surface area contributed by atoms with Gasteiger partial charge in [-0.05, 0) is 30.0 Å². The predicted molar refractivity (Wildman–Crippen MR) is 135 cm³/mol. The molecule has 188 valence electrons. The van der Waals surface area contributed by atoms with E-state index >= 15 is 0 Å². The van der Waals surface area contributed by atoms with E-state index in [9.17, 15) is 9.59 Å². The number of methoxy groups -OCH3 is 2. The number of anilines is 1. The number of hydrogen-bond acceptors (Lipinski definition) is 6. The molecule has 0 fully saturated rings. The van der Waals surface area contributed by atoms with Gasteiger partial charge in [-0.2, -0.15) is 0 Å². The van der Waals surface area contributed by atoms with E-state index in [-0.39, 0.29) is 30.0 Å². The highest BCUT2D eigenvalue weighted by Crippen LogP contribution is 2.20. The Labute approximate surface area is 206 Å². The van der Waals surface area contributed by atoms with Crippen LogP contribution in [0.4, 0.5) is 5.69 Å². The van der Waals surface area contributed by atoms with Crippen molar-refractivity contribution < 1.29 is 19.0 Å². The second kappa shape index (κ2) is 14.0. The van der Waals surface area contributed by atoms with Gasteiger partial charge in [0.2, 0.25) is 5.43 Å². The van der Waals surface area contributed by atoms with Gasteiger partial charge in [0.05, 0.1) is 13.2 Å². The SMILES string of the molecule is CCCCOc1c(C(=O)NCc2cccc(Cl)c2)n(CC(OC)OC)cc(NCC(C)C)c1=O. The number of ether oxygens (including phenoxy) is 3. The molecule has 0 aliphatic heterocycles. The van der Waals surface area contributed by atoms with Crippen LogP contribution in [0.15, 0.2) is 35.3 Å². The molecular weight excluding hydrogens is 458 g/mol. The topological polar surface area (TPSA) is 90.8 Å². The Morgan fingerprint density at radius 1 is 1.21 bits per heavy atom. The first-order valence-corrected chi connectivity index (χ1v) is 11.9. The van der Waals surface area contributed by atoms with E-state index in [4.69, 9.17) is 25.8 Å². The molecular formula is C25H36ClN3O5. The minimum Gasteiger partial charge on any atom is -0.487 e. The Hall–Kier alpha value is -2.55. The molecule has 1 aromatic heterocycles. The summed E-state index contributed by atoms with van der Waals surface area (Å²) < 4.78 is 18.3. The summed E-state index contributed by atoms with van der Waals surface area (Å²) >= 11 is 6.06. The molecule has 0 saturated heterocycles. The molecule has 1 amide bonds. The molecule has 0 aliphatic carbocycles. The Morgan fingerprint density at radius 3 is 2.56 bits per heavy atom. The quantitative estimate of drug-likeness (QED) is 0.301. The standard InChI is InChI=1S/C25H36ClN3O5/c1-6-7-11-34-24-22(25(31)28-14-18-9-8-10-19(26)12-18)29(16-21(32-4)33-5)15-20(23(24)30)27-13-17(2)3/h8-10,12,15,17,21,27H,6-7,11,13-14,16H2,1-5H3,(H,28,31). The van der Waals surface area contributed by atoms with Crippen molar-refractivity contribution in [2.75, 3.05) is 32.7 Å². The van der Waals surface area contributed by atoms with Crippen molar-refractivity contribution in [3.05, 3.63) is 57.0 Å². The van der Waals surface area contributed by atoms with Crippen LogP contribution in [0.3, 0.4) is 0 Å². The fourth-order valence-electron chi connectivity index (χ4n) is 3.23. The molecule has 2 rings (SSSR count). The number of carbonyl (C=O) groups excluding carboxylic acids is 1. The number of unbranched alkanes of at least 4 members (excludes halogenated alkanes) is 1. The van der Waals surface area contributed by atoms with Crippen LogP contribution in [0.5, 0.6) is 5.75 Å². The number of carbonyl (C=O) groups is 1. The van der Waals surface area contributed by atoms with Crippen LogP contribution in [-0.4, -0.2) is 44.1 Å².